The molecular formula is C19H21N5O3S. The van der Waals surface area contributed by atoms with Crippen molar-refractivity contribution in [3.05, 3.63) is 53.6 Å². The molecule has 1 aromatic heterocycles. The van der Waals surface area contributed by atoms with Crippen LogP contribution in [0.4, 0.5) is 0 Å². The minimum atomic E-state index is -0.0968. The molecule has 0 aliphatic heterocycles. The van der Waals surface area contributed by atoms with Crippen molar-refractivity contribution in [2.45, 2.75) is 18.6 Å². The highest BCUT2D eigenvalue weighted by Gasteiger charge is 2.16. The van der Waals surface area contributed by atoms with Gasteiger partial charge in [-0.05, 0) is 40.6 Å². The normalized spacial score (nSPS) is 10.5. The van der Waals surface area contributed by atoms with Crippen LogP contribution < -0.4 is 14.8 Å². The zero-order valence-corrected chi connectivity index (χ0v) is 16.7. The lowest BCUT2D eigenvalue weighted by molar-refractivity contribution is -0.118. The van der Waals surface area contributed by atoms with Crippen LogP contribution in [0.5, 0.6) is 11.5 Å². The van der Waals surface area contributed by atoms with Gasteiger partial charge in [0.15, 0.2) is 0 Å². The van der Waals surface area contributed by atoms with E-state index in [-0.39, 0.29) is 11.7 Å². The summed E-state index contributed by atoms with van der Waals surface area (Å²) < 4.78 is 12.2. The largest absolute Gasteiger partial charge is 0.497 e. The highest BCUT2D eigenvalue weighted by Crippen LogP contribution is 2.29. The number of methoxy groups -OCH3 is 2. The number of hydrogen-bond acceptors (Lipinski definition) is 7. The van der Waals surface area contributed by atoms with Crippen molar-refractivity contribution in [1.82, 2.24) is 25.5 Å². The number of benzene rings is 2. The van der Waals surface area contributed by atoms with Gasteiger partial charge in [0.25, 0.3) is 0 Å². The molecule has 0 radical (unpaired) electrons. The van der Waals surface area contributed by atoms with Crippen molar-refractivity contribution in [1.29, 1.82) is 0 Å². The Balaban J connectivity index is 1.66. The minimum absolute atomic E-state index is 0.0968. The molecule has 0 bridgehead atoms. The Morgan fingerprint density at radius 1 is 1.18 bits per heavy atom. The van der Waals surface area contributed by atoms with Crippen molar-refractivity contribution in [3.63, 3.8) is 0 Å². The summed E-state index contributed by atoms with van der Waals surface area (Å²) in [4.78, 5) is 12.2. The van der Waals surface area contributed by atoms with Crippen LogP contribution >= 0.6 is 11.8 Å². The van der Waals surface area contributed by atoms with Gasteiger partial charge < -0.3 is 14.8 Å². The van der Waals surface area contributed by atoms with Gasteiger partial charge in [0, 0.05) is 12.6 Å². The van der Waals surface area contributed by atoms with Crippen LogP contribution in [0.25, 0.3) is 5.69 Å². The molecule has 3 rings (SSSR count). The van der Waals surface area contributed by atoms with Crippen LogP contribution in [-0.4, -0.2) is 46.1 Å². The number of aryl methyl sites for hydroxylation is 1. The Kier molecular flexibility index (Phi) is 6.49. The summed E-state index contributed by atoms with van der Waals surface area (Å²) in [6.07, 6.45) is 0. The molecule has 2 aromatic carbocycles. The van der Waals surface area contributed by atoms with Gasteiger partial charge in [-0.3, -0.25) is 4.79 Å². The molecule has 1 amide bonds. The first-order valence-corrected chi connectivity index (χ1v) is 9.55. The molecule has 0 unspecified atom stereocenters. The van der Waals surface area contributed by atoms with Crippen LogP contribution in [0.1, 0.15) is 11.1 Å². The summed E-state index contributed by atoms with van der Waals surface area (Å²) in [6.45, 7) is 2.51. The number of carbonyl (C=O) groups excluding carboxylic acids is 1. The van der Waals surface area contributed by atoms with Gasteiger partial charge in [0.05, 0.1) is 20.0 Å². The molecule has 8 nitrogen and oxygen atoms in total. The monoisotopic (exact) mass is 399 g/mol. The summed E-state index contributed by atoms with van der Waals surface area (Å²) in [6, 6.07) is 13.3. The van der Waals surface area contributed by atoms with Crippen molar-refractivity contribution in [2.75, 3.05) is 20.0 Å². The predicted octanol–water partition coefficient (Wildman–Crippen LogP) is 2.40. The fourth-order valence-electron chi connectivity index (χ4n) is 2.57. The van der Waals surface area contributed by atoms with E-state index in [0.717, 1.165) is 11.1 Å². The van der Waals surface area contributed by atoms with E-state index >= 15 is 0 Å². The molecule has 28 heavy (non-hydrogen) atoms. The number of tetrazole rings is 1. The summed E-state index contributed by atoms with van der Waals surface area (Å²) >= 11 is 1.25. The van der Waals surface area contributed by atoms with E-state index in [0.29, 0.717) is 28.9 Å². The molecule has 0 aliphatic carbocycles. The van der Waals surface area contributed by atoms with E-state index in [1.165, 1.54) is 16.4 Å². The molecule has 0 fully saturated rings. The molecule has 9 heteroatoms. The van der Waals surface area contributed by atoms with Gasteiger partial charge in [-0.2, -0.15) is 4.68 Å². The Bertz CT molecular complexity index is 960. The Labute approximate surface area is 167 Å². The second-order valence-corrected chi connectivity index (χ2v) is 6.85. The number of nitrogens with zero attached hydrogens (tertiary/aromatic N) is 4. The zero-order valence-electron chi connectivity index (χ0n) is 15.9. The maximum absolute atomic E-state index is 12.2. The fourth-order valence-corrected chi connectivity index (χ4v) is 3.28. The third-order valence-electron chi connectivity index (χ3n) is 4.12. The van der Waals surface area contributed by atoms with Crippen molar-refractivity contribution < 1.29 is 14.3 Å². The summed E-state index contributed by atoms with van der Waals surface area (Å²) in [5.74, 6) is 1.34. The number of hydrogen-bond donors (Lipinski definition) is 1. The molecule has 1 heterocycles. The summed E-state index contributed by atoms with van der Waals surface area (Å²) in [5.41, 5.74) is 2.87. The predicted molar refractivity (Wildman–Crippen MR) is 106 cm³/mol. The second-order valence-electron chi connectivity index (χ2n) is 5.90. The van der Waals surface area contributed by atoms with Gasteiger partial charge in [0.1, 0.15) is 17.2 Å². The van der Waals surface area contributed by atoms with E-state index in [1.807, 2.05) is 31.2 Å². The number of rotatable bonds is 8. The average Bonchev–Trinajstić information content (AvgIpc) is 3.19. The zero-order chi connectivity index (χ0) is 19.9. The molecule has 146 valence electrons. The molecule has 0 aliphatic rings. The van der Waals surface area contributed by atoms with E-state index in [4.69, 9.17) is 9.47 Å². The topological polar surface area (TPSA) is 91.2 Å². The maximum atomic E-state index is 12.2. The molecule has 1 N–H and O–H groups in total. The van der Waals surface area contributed by atoms with Crippen molar-refractivity contribution in [2.24, 2.45) is 0 Å². The first kappa shape index (κ1) is 19.7. The lowest BCUT2D eigenvalue weighted by Gasteiger charge is -2.11. The molecule has 0 atom stereocenters. The fraction of sp³-hybridized carbons (Fsp3) is 0.263. The first-order valence-electron chi connectivity index (χ1n) is 8.57. The smallest absolute Gasteiger partial charge is 0.230 e. The lowest BCUT2D eigenvalue weighted by atomic mass is 10.1. The molecule has 0 saturated heterocycles. The molecular weight excluding hydrogens is 378 g/mol. The van der Waals surface area contributed by atoms with Crippen molar-refractivity contribution >= 4 is 17.7 Å². The minimum Gasteiger partial charge on any atom is -0.497 e. The van der Waals surface area contributed by atoms with Crippen LogP contribution in [-0.2, 0) is 11.3 Å². The summed E-state index contributed by atoms with van der Waals surface area (Å²) in [7, 11) is 3.15. The molecule has 3 aromatic rings. The summed E-state index contributed by atoms with van der Waals surface area (Å²) in [5, 5.41) is 15.2. The second kappa shape index (κ2) is 9.23. The van der Waals surface area contributed by atoms with Gasteiger partial charge in [-0.15, -0.1) is 5.10 Å². The Morgan fingerprint density at radius 3 is 2.75 bits per heavy atom. The standard InChI is InChI=1S/C19H21N5O3S/c1-13-6-4-5-7-14(13)11-20-18(25)12-28-19-21-22-23-24(19)16-10-15(26-2)8-9-17(16)27-3/h4-10H,11-12H2,1-3H3,(H,20,25). The molecule has 0 spiro atoms. The number of amides is 1. The lowest BCUT2D eigenvalue weighted by Crippen LogP contribution is -2.25. The highest BCUT2D eigenvalue weighted by atomic mass is 32.2. The number of aromatic nitrogens is 4. The quantitative estimate of drug-likeness (QED) is 0.582. The Hall–Kier alpha value is -3.07. The first-order chi connectivity index (χ1) is 13.6. The van der Waals surface area contributed by atoms with Crippen LogP contribution in [0.15, 0.2) is 47.6 Å². The van der Waals surface area contributed by atoms with E-state index in [2.05, 4.69) is 20.8 Å². The van der Waals surface area contributed by atoms with Crippen LogP contribution in [0.2, 0.25) is 0 Å². The van der Waals surface area contributed by atoms with Crippen molar-refractivity contribution in [3.8, 4) is 17.2 Å². The average molecular weight is 399 g/mol. The number of nitrogens with one attached hydrogen (secondary N) is 1. The van der Waals surface area contributed by atoms with Crippen LogP contribution in [0, 0.1) is 6.92 Å². The van der Waals surface area contributed by atoms with E-state index in [9.17, 15) is 4.79 Å². The van der Waals surface area contributed by atoms with Gasteiger partial charge in [0.2, 0.25) is 11.1 Å². The molecule has 0 saturated carbocycles. The number of carbonyl (C=O) groups is 1. The van der Waals surface area contributed by atoms with Crippen LogP contribution in [0.3, 0.4) is 0 Å². The number of ether oxygens (including phenoxy) is 2. The SMILES string of the molecule is COc1ccc(OC)c(-n2nnnc2SCC(=O)NCc2ccccc2C)c1. The maximum Gasteiger partial charge on any atom is 0.230 e. The van der Waals surface area contributed by atoms with Gasteiger partial charge in [-0.1, -0.05) is 36.0 Å². The Morgan fingerprint density at radius 2 is 2.00 bits per heavy atom. The third kappa shape index (κ3) is 4.61. The van der Waals surface area contributed by atoms with Gasteiger partial charge in [-0.25, -0.2) is 0 Å². The van der Waals surface area contributed by atoms with E-state index in [1.54, 1.807) is 32.4 Å². The van der Waals surface area contributed by atoms with E-state index < -0.39 is 0 Å². The van der Waals surface area contributed by atoms with Gasteiger partial charge >= 0.3 is 0 Å². The number of thioether (sulfide) groups is 1. The third-order valence-corrected chi connectivity index (χ3v) is 5.04. The highest BCUT2D eigenvalue weighted by molar-refractivity contribution is 7.99.